The molecule has 11 nitrogen and oxygen atoms in total. The summed E-state index contributed by atoms with van der Waals surface area (Å²) in [4.78, 5) is 3.86. The summed E-state index contributed by atoms with van der Waals surface area (Å²) in [5, 5.41) is 20.9. The zero-order chi connectivity index (χ0) is 19.3. The molecule has 1 aromatic heterocycles. The predicted octanol–water partition coefficient (Wildman–Crippen LogP) is 0.339. The van der Waals surface area contributed by atoms with Gasteiger partial charge in [0.25, 0.3) is 16.1 Å². The molecule has 2 rings (SSSR count). The van der Waals surface area contributed by atoms with Crippen LogP contribution in [0.2, 0.25) is 0 Å². The summed E-state index contributed by atoms with van der Waals surface area (Å²) in [6.07, 6.45) is 0. The highest BCUT2D eigenvalue weighted by Gasteiger charge is 2.19. The van der Waals surface area contributed by atoms with E-state index in [-0.39, 0.29) is 40.7 Å². The Morgan fingerprint density at radius 2 is 2.15 bits per heavy atom. The van der Waals surface area contributed by atoms with E-state index in [1.54, 1.807) is 5.48 Å². The van der Waals surface area contributed by atoms with Crippen molar-refractivity contribution in [1.82, 2.24) is 20.5 Å². The van der Waals surface area contributed by atoms with Crippen LogP contribution >= 0.6 is 15.9 Å². The lowest BCUT2D eigenvalue weighted by atomic mass is 10.3. The number of nitrogens with one attached hydrogen (secondary N) is 2. The average molecular weight is 457 g/mol. The van der Waals surface area contributed by atoms with Gasteiger partial charge in [0.2, 0.25) is 5.69 Å². The van der Waals surface area contributed by atoms with Crippen LogP contribution in [-0.4, -0.2) is 42.9 Å². The highest BCUT2D eigenvalue weighted by atomic mass is 79.9. The molecule has 0 unspecified atom stereocenters. The van der Waals surface area contributed by atoms with Crippen molar-refractivity contribution in [3.05, 3.63) is 33.9 Å². The molecule has 1 aromatic carbocycles. The molecule has 26 heavy (non-hydrogen) atoms. The van der Waals surface area contributed by atoms with Gasteiger partial charge in [-0.25, -0.2) is 23.5 Å². The Hall–Kier alpha value is -2.20. The number of benzene rings is 1. The Bertz CT molecular complexity index is 899. The summed E-state index contributed by atoms with van der Waals surface area (Å²) >= 11 is 2.83. The quantitative estimate of drug-likeness (QED) is 0.152. The average Bonchev–Trinajstić information content (AvgIpc) is 3.01. The fraction of sp³-hybridized carbons (Fsp3) is 0.182. The van der Waals surface area contributed by atoms with E-state index in [0.29, 0.717) is 0 Å². The van der Waals surface area contributed by atoms with Crippen molar-refractivity contribution in [2.75, 3.05) is 13.2 Å². The van der Waals surface area contributed by atoms with E-state index in [9.17, 15) is 22.4 Å². The lowest BCUT2D eigenvalue weighted by Gasteiger charge is -2.06. The van der Waals surface area contributed by atoms with Gasteiger partial charge in [-0.3, -0.25) is 10.7 Å². The van der Waals surface area contributed by atoms with Crippen LogP contribution in [0.1, 0.15) is 5.69 Å². The zero-order valence-electron chi connectivity index (χ0n) is 12.6. The van der Waals surface area contributed by atoms with Crippen molar-refractivity contribution in [1.29, 1.82) is 0 Å². The Labute approximate surface area is 153 Å². The fourth-order valence-electron chi connectivity index (χ4n) is 1.62. The number of hydroxylamine groups is 1. The van der Waals surface area contributed by atoms with Crippen LogP contribution in [0.4, 0.5) is 14.5 Å². The number of nitrogens with zero attached hydrogens (tertiary/aromatic N) is 3. The third kappa shape index (κ3) is 5.40. The van der Waals surface area contributed by atoms with Gasteiger partial charge < -0.3 is 4.74 Å². The van der Waals surface area contributed by atoms with Gasteiger partial charge in [-0.1, -0.05) is 0 Å². The minimum atomic E-state index is -3.88. The first-order valence-electron chi connectivity index (χ1n) is 6.57. The number of hydrogen-bond acceptors (Lipinski definition) is 8. The lowest BCUT2D eigenvalue weighted by molar-refractivity contribution is 0.233. The molecule has 15 heteroatoms. The molecule has 0 aliphatic carbocycles. The second kappa shape index (κ2) is 8.45. The first kappa shape index (κ1) is 20.1. The SMILES string of the molecule is NS(=O)(=O)NCCOc1nonc1C(=Nc1cc(F)c(F)c(Br)c1)NO. The molecule has 142 valence electrons. The molecule has 0 spiro atoms. The van der Waals surface area contributed by atoms with E-state index in [0.717, 1.165) is 12.1 Å². The van der Waals surface area contributed by atoms with Gasteiger partial charge >= 0.3 is 0 Å². The minimum absolute atomic E-state index is 0.0721. The van der Waals surface area contributed by atoms with E-state index in [1.165, 1.54) is 0 Å². The van der Waals surface area contributed by atoms with Crippen molar-refractivity contribution < 1.29 is 31.8 Å². The monoisotopic (exact) mass is 456 g/mol. The van der Waals surface area contributed by atoms with Crippen molar-refractivity contribution in [3.63, 3.8) is 0 Å². The maximum Gasteiger partial charge on any atom is 0.287 e. The maximum absolute atomic E-state index is 13.4. The molecule has 0 amide bonds. The van der Waals surface area contributed by atoms with Gasteiger partial charge in [-0.15, -0.1) is 0 Å². The van der Waals surface area contributed by atoms with Crippen LogP contribution < -0.4 is 20.1 Å². The van der Waals surface area contributed by atoms with Gasteiger partial charge in [0, 0.05) is 12.6 Å². The number of aromatic nitrogens is 2. The molecule has 0 atom stereocenters. The Morgan fingerprint density at radius 1 is 1.42 bits per heavy atom. The van der Waals surface area contributed by atoms with Crippen LogP contribution in [0.25, 0.3) is 0 Å². The molecule has 0 saturated heterocycles. The Morgan fingerprint density at radius 3 is 2.77 bits per heavy atom. The molecule has 1 heterocycles. The summed E-state index contributed by atoms with van der Waals surface area (Å²) < 4.78 is 59.6. The van der Waals surface area contributed by atoms with Crippen LogP contribution in [-0.2, 0) is 10.2 Å². The van der Waals surface area contributed by atoms with Crippen LogP contribution in [0.3, 0.4) is 0 Å². The summed E-state index contributed by atoms with van der Waals surface area (Å²) in [6.45, 7) is -0.382. The normalized spacial score (nSPS) is 12.3. The molecule has 0 aliphatic heterocycles. The molecule has 0 aliphatic rings. The topological polar surface area (TPSA) is 165 Å². The lowest BCUT2D eigenvalue weighted by Crippen LogP contribution is -2.34. The largest absolute Gasteiger partial charge is 0.472 e. The van der Waals surface area contributed by atoms with E-state index in [1.807, 2.05) is 4.72 Å². The van der Waals surface area contributed by atoms with Crippen molar-refractivity contribution in [2.45, 2.75) is 0 Å². The number of halogens is 3. The molecule has 0 fully saturated rings. The number of ether oxygens (including phenoxy) is 1. The third-order valence-corrected chi connectivity index (χ3v) is 3.83. The van der Waals surface area contributed by atoms with Crippen molar-refractivity contribution in [3.8, 4) is 5.88 Å². The summed E-state index contributed by atoms with van der Waals surface area (Å²) in [6, 6.07) is 1.93. The minimum Gasteiger partial charge on any atom is -0.472 e. The number of hydrogen-bond donors (Lipinski definition) is 4. The fourth-order valence-corrected chi connectivity index (χ4v) is 2.41. The Kier molecular flexibility index (Phi) is 6.54. The first-order chi connectivity index (χ1) is 12.2. The third-order valence-electron chi connectivity index (χ3n) is 2.64. The van der Waals surface area contributed by atoms with E-state index >= 15 is 0 Å². The van der Waals surface area contributed by atoms with Gasteiger partial charge in [0.1, 0.15) is 6.61 Å². The standard InChI is InChI=1S/C11H11BrF2N6O5S/c12-6-3-5(4-7(13)8(6)14)17-10(18-21)9-11(20-25-19-9)24-2-1-16-26(15,22)23/h3-4,16,21H,1-2H2,(H,17,18)(H2,15,22,23). The molecule has 0 bridgehead atoms. The summed E-state index contributed by atoms with van der Waals surface area (Å²) in [5.74, 6) is -2.86. The van der Waals surface area contributed by atoms with E-state index in [2.05, 4.69) is 35.9 Å². The second-order valence-electron chi connectivity index (χ2n) is 4.50. The second-order valence-corrected chi connectivity index (χ2v) is 6.73. The predicted molar refractivity (Wildman–Crippen MR) is 86.1 cm³/mol. The highest BCUT2D eigenvalue weighted by Crippen LogP contribution is 2.26. The van der Waals surface area contributed by atoms with Crippen molar-refractivity contribution in [2.24, 2.45) is 10.1 Å². The van der Waals surface area contributed by atoms with Crippen LogP contribution in [0.5, 0.6) is 5.88 Å². The van der Waals surface area contributed by atoms with Crippen LogP contribution in [0.15, 0.2) is 26.2 Å². The smallest absolute Gasteiger partial charge is 0.287 e. The Balaban J connectivity index is 2.19. The summed E-state index contributed by atoms with van der Waals surface area (Å²) in [5.41, 5.74) is 1.43. The number of nitrogens with two attached hydrogens (primary N) is 1. The summed E-state index contributed by atoms with van der Waals surface area (Å²) in [7, 11) is -3.88. The van der Waals surface area contributed by atoms with Gasteiger partial charge in [-0.2, -0.15) is 13.1 Å². The van der Waals surface area contributed by atoms with E-state index < -0.39 is 21.8 Å². The van der Waals surface area contributed by atoms with E-state index in [4.69, 9.17) is 9.88 Å². The molecule has 0 saturated carbocycles. The first-order valence-corrected chi connectivity index (χ1v) is 8.91. The van der Waals surface area contributed by atoms with Gasteiger partial charge in [0.15, 0.2) is 17.5 Å². The molecule has 2 aromatic rings. The highest BCUT2D eigenvalue weighted by molar-refractivity contribution is 9.10. The molecule has 5 N–H and O–H groups in total. The number of aliphatic imine (C=N–C) groups is 1. The molecule has 0 radical (unpaired) electrons. The van der Waals surface area contributed by atoms with Crippen molar-refractivity contribution >= 4 is 37.7 Å². The maximum atomic E-state index is 13.4. The molecular formula is C11H11BrF2N6O5S. The molecular weight excluding hydrogens is 446 g/mol. The van der Waals surface area contributed by atoms with Crippen LogP contribution in [0, 0.1) is 11.6 Å². The number of amidine groups is 1. The number of rotatable bonds is 7. The zero-order valence-corrected chi connectivity index (χ0v) is 15.0. The van der Waals surface area contributed by atoms with Gasteiger partial charge in [0.05, 0.1) is 10.2 Å². The van der Waals surface area contributed by atoms with Gasteiger partial charge in [-0.05, 0) is 32.3 Å².